The number of nitrogens with zero attached hydrogens (tertiary/aromatic N) is 4. The van der Waals surface area contributed by atoms with Gasteiger partial charge in [-0.2, -0.15) is 0 Å². The van der Waals surface area contributed by atoms with Crippen LogP contribution >= 0.6 is 23.5 Å². The number of carbonyl (C=O) groups excluding carboxylic acids is 3. The average Bonchev–Trinajstić information content (AvgIpc) is 3.49. The molecule has 154 valence electrons. The molecular weight excluding hydrogens is 426 g/mol. The quantitative estimate of drug-likeness (QED) is 0.529. The summed E-state index contributed by atoms with van der Waals surface area (Å²) in [5, 5.41) is 11.4. The Balaban J connectivity index is 1.40. The Morgan fingerprint density at radius 2 is 2.00 bits per heavy atom. The van der Waals surface area contributed by atoms with Gasteiger partial charge in [-0.15, -0.1) is 10.2 Å². The van der Waals surface area contributed by atoms with Crippen molar-refractivity contribution in [3.05, 3.63) is 48.7 Å². The number of furan rings is 1. The number of hydrogen-bond acceptors (Lipinski definition) is 8. The normalized spacial score (nSPS) is 13.8. The zero-order valence-corrected chi connectivity index (χ0v) is 17.3. The number of amides is 3. The molecule has 0 saturated carbocycles. The van der Waals surface area contributed by atoms with Gasteiger partial charge in [-0.1, -0.05) is 41.7 Å². The molecule has 4 rings (SSSR count). The van der Waals surface area contributed by atoms with Crippen LogP contribution in [0.3, 0.4) is 0 Å². The van der Waals surface area contributed by atoms with E-state index in [0.29, 0.717) is 16.7 Å². The van der Waals surface area contributed by atoms with E-state index in [-0.39, 0.29) is 41.6 Å². The van der Waals surface area contributed by atoms with Crippen LogP contribution in [-0.2, 0) is 9.59 Å². The summed E-state index contributed by atoms with van der Waals surface area (Å²) in [6, 6.07) is 13.1. The molecule has 9 nitrogen and oxygen atoms in total. The second kappa shape index (κ2) is 9.18. The minimum absolute atomic E-state index is 0.111. The molecule has 0 bridgehead atoms. The summed E-state index contributed by atoms with van der Waals surface area (Å²) in [6.07, 6.45) is 1.56. The molecule has 0 spiro atoms. The van der Waals surface area contributed by atoms with Gasteiger partial charge in [0.1, 0.15) is 0 Å². The van der Waals surface area contributed by atoms with Gasteiger partial charge >= 0.3 is 0 Å². The average molecular weight is 444 g/mol. The van der Waals surface area contributed by atoms with Crippen LogP contribution in [-0.4, -0.2) is 61.3 Å². The highest BCUT2D eigenvalue weighted by atomic mass is 32.2. The highest BCUT2D eigenvalue weighted by Crippen LogP contribution is 2.28. The van der Waals surface area contributed by atoms with E-state index in [9.17, 15) is 14.4 Å². The minimum Gasteiger partial charge on any atom is -0.461 e. The van der Waals surface area contributed by atoms with Crippen LogP contribution in [0, 0.1) is 0 Å². The fraction of sp³-hybridized carbons (Fsp3) is 0.211. The van der Waals surface area contributed by atoms with Gasteiger partial charge in [0.25, 0.3) is 5.24 Å². The summed E-state index contributed by atoms with van der Waals surface area (Å²) < 4.78 is 7.30. The minimum atomic E-state index is -0.273. The van der Waals surface area contributed by atoms with Gasteiger partial charge in [-0.25, -0.2) is 0 Å². The smallest absolute Gasteiger partial charge is 0.288 e. The molecule has 1 fully saturated rings. The fourth-order valence-corrected chi connectivity index (χ4v) is 4.36. The molecule has 3 amide bonds. The van der Waals surface area contributed by atoms with Gasteiger partial charge in [-0.3, -0.25) is 23.9 Å². The van der Waals surface area contributed by atoms with Gasteiger partial charge in [0, 0.05) is 18.8 Å². The van der Waals surface area contributed by atoms with E-state index in [1.165, 1.54) is 11.8 Å². The summed E-state index contributed by atoms with van der Waals surface area (Å²) in [5.41, 5.74) is 0.848. The Kier molecular flexibility index (Phi) is 6.19. The molecule has 0 atom stereocenters. The Labute approximate surface area is 180 Å². The van der Waals surface area contributed by atoms with Crippen molar-refractivity contribution in [3.8, 4) is 17.3 Å². The van der Waals surface area contributed by atoms with Crippen molar-refractivity contribution in [2.75, 3.05) is 24.6 Å². The number of rotatable bonds is 8. The van der Waals surface area contributed by atoms with E-state index in [0.717, 1.165) is 22.3 Å². The van der Waals surface area contributed by atoms with Crippen molar-refractivity contribution in [1.82, 2.24) is 25.0 Å². The van der Waals surface area contributed by atoms with E-state index >= 15 is 0 Å². The SMILES string of the molecule is O=C(CSc1nnc(-c2ccco2)n1-c1ccccc1)NCCN1C(=O)CSC1=O. The predicted molar refractivity (Wildman–Crippen MR) is 112 cm³/mol. The molecule has 0 radical (unpaired) electrons. The number of aromatic nitrogens is 3. The van der Waals surface area contributed by atoms with Crippen molar-refractivity contribution in [1.29, 1.82) is 0 Å². The van der Waals surface area contributed by atoms with E-state index in [1.807, 2.05) is 34.9 Å². The maximum atomic E-state index is 12.2. The topological polar surface area (TPSA) is 110 Å². The predicted octanol–water partition coefficient (Wildman–Crippen LogP) is 2.43. The first-order valence-electron chi connectivity index (χ1n) is 9.05. The highest BCUT2D eigenvalue weighted by molar-refractivity contribution is 8.14. The van der Waals surface area contributed by atoms with E-state index < -0.39 is 0 Å². The first kappa shape index (κ1) is 20.2. The zero-order chi connectivity index (χ0) is 20.9. The number of nitrogens with one attached hydrogen (secondary N) is 1. The Hall–Kier alpha value is -3.05. The second-order valence-corrected chi connectivity index (χ2v) is 8.06. The van der Waals surface area contributed by atoms with Crippen LogP contribution in [0.2, 0.25) is 0 Å². The third kappa shape index (κ3) is 4.41. The van der Waals surface area contributed by atoms with E-state index in [4.69, 9.17) is 4.42 Å². The number of hydrogen-bond donors (Lipinski definition) is 1. The Morgan fingerprint density at radius 1 is 1.17 bits per heavy atom. The molecular formula is C19H17N5O4S2. The summed E-state index contributed by atoms with van der Waals surface area (Å²) in [5.74, 6) is 0.928. The molecule has 3 heterocycles. The molecule has 0 unspecified atom stereocenters. The maximum Gasteiger partial charge on any atom is 0.288 e. The summed E-state index contributed by atoms with van der Waals surface area (Å²) in [6.45, 7) is 0.379. The van der Waals surface area contributed by atoms with Crippen molar-refractivity contribution >= 4 is 40.6 Å². The van der Waals surface area contributed by atoms with Gasteiger partial charge in [0.15, 0.2) is 10.9 Å². The van der Waals surface area contributed by atoms with Crippen LogP contribution in [0.25, 0.3) is 17.3 Å². The van der Waals surface area contributed by atoms with E-state index in [2.05, 4.69) is 15.5 Å². The molecule has 1 aliphatic heterocycles. The van der Waals surface area contributed by atoms with Crippen LogP contribution in [0.5, 0.6) is 0 Å². The summed E-state index contributed by atoms with van der Waals surface area (Å²) in [7, 11) is 0. The first-order valence-corrected chi connectivity index (χ1v) is 11.0. The van der Waals surface area contributed by atoms with Crippen molar-refractivity contribution in [2.24, 2.45) is 0 Å². The molecule has 3 aromatic rings. The molecule has 11 heteroatoms. The monoisotopic (exact) mass is 443 g/mol. The highest BCUT2D eigenvalue weighted by Gasteiger charge is 2.29. The third-order valence-electron chi connectivity index (χ3n) is 4.22. The lowest BCUT2D eigenvalue weighted by Gasteiger charge is -2.13. The Morgan fingerprint density at radius 3 is 2.70 bits per heavy atom. The van der Waals surface area contributed by atoms with Crippen molar-refractivity contribution in [3.63, 3.8) is 0 Å². The molecule has 1 aromatic carbocycles. The van der Waals surface area contributed by atoms with Crippen molar-refractivity contribution in [2.45, 2.75) is 5.16 Å². The molecule has 1 aliphatic rings. The first-order chi connectivity index (χ1) is 14.6. The van der Waals surface area contributed by atoms with E-state index in [1.54, 1.807) is 18.4 Å². The molecule has 1 saturated heterocycles. The number of benzene rings is 1. The number of carbonyl (C=O) groups is 3. The fourth-order valence-electron chi connectivity index (χ4n) is 2.82. The summed E-state index contributed by atoms with van der Waals surface area (Å²) in [4.78, 5) is 36.5. The van der Waals surface area contributed by atoms with Crippen LogP contribution in [0.15, 0.2) is 58.3 Å². The lowest BCUT2D eigenvalue weighted by molar-refractivity contribution is -0.125. The molecule has 2 aromatic heterocycles. The van der Waals surface area contributed by atoms with Crippen molar-refractivity contribution < 1.29 is 18.8 Å². The zero-order valence-electron chi connectivity index (χ0n) is 15.7. The largest absolute Gasteiger partial charge is 0.461 e. The summed E-state index contributed by atoms with van der Waals surface area (Å²) >= 11 is 2.21. The number of thioether (sulfide) groups is 2. The number of para-hydroxylation sites is 1. The molecule has 1 N–H and O–H groups in total. The van der Waals surface area contributed by atoms with Crippen LogP contribution in [0.4, 0.5) is 4.79 Å². The van der Waals surface area contributed by atoms with Gasteiger partial charge in [-0.05, 0) is 24.3 Å². The van der Waals surface area contributed by atoms with Gasteiger partial charge < -0.3 is 9.73 Å². The van der Waals surface area contributed by atoms with Gasteiger partial charge in [0.2, 0.25) is 17.6 Å². The third-order valence-corrected chi connectivity index (χ3v) is 6.01. The van der Waals surface area contributed by atoms with Crippen LogP contribution < -0.4 is 5.32 Å². The maximum absolute atomic E-state index is 12.2. The lowest BCUT2D eigenvalue weighted by atomic mass is 10.3. The molecule has 30 heavy (non-hydrogen) atoms. The molecule has 0 aliphatic carbocycles. The van der Waals surface area contributed by atoms with Crippen LogP contribution in [0.1, 0.15) is 0 Å². The van der Waals surface area contributed by atoms with Gasteiger partial charge in [0.05, 0.1) is 17.8 Å². The second-order valence-electron chi connectivity index (χ2n) is 6.19. The lowest BCUT2D eigenvalue weighted by Crippen LogP contribution is -2.38. The number of imide groups is 1. The standard InChI is InChI=1S/C19H17N5O4S2/c25-15(20-8-9-23-16(26)12-30-19(23)27)11-29-18-22-21-17(14-7-4-10-28-14)24(18)13-5-2-1-3-6-13/h1-7,10H,8-9,11-12H2,(H,20,25). The Bertz CT molecular complexity index is 1040.